The van der Waals surface area contributed by atoms with Gasteiger partial charge in [0.15, 0.2) is 0 Å². The summed E-state index contributed by atoms with van der Waals surface area (Å²) in [6, 6.07) is 0. The SMILES string of the molecule is C=C[C@H](/C=C/C)CCCCCC1=CCCC=C1. The van der Waals surface area contributed by atoms with Crippen molar-refractivity contribution in [2.75, 3.05) is 0 Å². The number of hydrogen-bond acceptors (Lipinski definition) is 0. The lowest BCUT2D eigenvalue weighted by Crippen LogP contribution is -1.92. The standard InChI is InChI=1S/C17H26/c1-3-11-16(4-2)12-7-5-8-13-17-14-9-6-10-15-17/h3-4,9,11,14-16H,2,5-8,10,12-13H2,1H3/b11-3+/t16-/m1/s1. The molecule has 0 fully saturated rings. The average Bonchev–Trinajstić information content (AvgIpc) is 2.38. The van der Waals surface area contributed by atoms with Crippen LogP contribution in [0.5, 0.6) is 0 Å². The second-order valence-corrected chi connectivity index (χ2v) is 4.78. The smallest absolute Gasteiger partial charge is 0.00563 e. The Bertz CT molecular complexity index is 291. The first kappa shape index (κ1) is 14.0. The van der Waals surface area contributed by atoms with E-state index >= 15 is 0 Å². The van der Waals surface area contributed by atoms with Gasteiger partial charge in [-0.15, -0.1) is 6.58 Å². The highest BCUT2D eigenvalue weighted by molar-refractivity contribution is 5.21. The molecule has 0 aromatic carbocycles. The number of allylic oxidation sites excluding steroid dienone is 7. The minimum absolute atomic E-state index is 0.578. The molecule has 0 spiro atoms. The Labute approximate surface area is 107 Å². The monoisotopic (exact) mass is 230 g/mol. The molecule has 1 aliphatic carbocycles. The van der Waals surface area contributed by atoms with Crippen molar-refractivity contribution in [1.82, 2.24) is 0 Å². The van der Waals surface area contributed by atoms with Crippen LogP contribution < -0.4 is 0 Å². The van der Waals surface area contributed by atoms with Crippen molar-refractivity contribution < 1.29 is 0 Å². The van der Waals surface area contributed by atoms with E-state index < -0.39 is 0 Å². The van der Waals surface area contributed by atoms with Crippen LogP contribution in [-0.4, -0.2) is 0 Å². The van der Waals surface area contributed by atoms with Gasteiger partial charge in [-0.05, 0) is 44.9 Å². The second kappa shape index (κ2) is 9.04. The van der Waals surface area contributed by atoms with Gasteiger partial charge in [-0.1, -0.05) is 54.9 Å². The molecule has 1 atom stereocenters. The Morgan fingerprint density at radius 1 is 1.29 bits per heavy atom. The van der Waals surface area contributed by atoms with Gasteiger partial charge in [-0.3, -0.25) is 0 Å². The molecule has 0 aromatic heterocycles. The molecule has 0 bridgehead atoms. The lowest BCUT2D eigenvalue weighted by Gasteiger charge is -2.08. The lowest BCUT2D eigenvalue weighted by molar-refractivity contribution is 0.595. The van der Waals surface area contributed by atoms with Crippen molar-refractivity contribution in [3.63, 3.8) is 0 Å². The summed E-state index contributed by atoms with van der Waals surface area (Å²) in [5.41, 5.74) is 1.55. The Kier molecular flexibility index (Phi) is 7.46. The minimum atomic E-state index is 0.578. The summed E-state index contributed by atoms with van der Waals surface area (Å²) in [4.78, 5) is 0. The van der Waals surface area contributed by atoms with Gasteiger partial charge in [0.25, 0.3) is 0 Å². The topological polar surface area (TPSA) is 0 Å². The molecule has 1 rings (SSSR count). The molecule has 0 aliphatic heterocycles. The Morgan fingerprint density at radius 3 is 2.82 bits per heavy atom. The van der Waals surface area contributed by atoms with E-state index in [-0.39, 0.29) is 0 Å². The molecule has 0 saturated heterocycles. The Balaban J connectivity index is 2.06. The van der Waals surface area contributed by atoms with Crippen molar-refractivity contribution in [2.45, 2.75) is 51.9 Å². The molecule has 0 heterocycles. The fraction of sp³-hybridized carbons (Fsp3) is 0.529. The maximum Gasteiger partial charge on any atom is -0.00563 e. The lowest BCUT2D eigenvalue weighted by atomic mass is 9.98. The molecule has 0 aromatic rings. The highest BCUT2D eigenvalue weighted by atomic mass is 14.1. The van der Waals surface area contributed by atoms with Crippen LogP contribution in [0, 0.1) is 5.92 Å². The number of unbranched alkanes of at least 4 members (excludes halogenated alkanes) is 2. The van der Waals surface area contributed by atoms with E-state index in [0.29, 0.717) is 5.92 Å². The average molecular weight is 230 g/mol. The van der Waals surface area contributed by atoms with E-state index in [4.69, 9.17) is 0 Å². The van der Waals surface area contributed by atoms with Gasteiger partial charge in [-0.25, -0.2) is 0 Å². The molecule has 1 aliphatic rings. The van der Waals surface area contributed by atoms with Gasteiger partial charge in [-0.2, -0.15) is 0 Å². The summed E-state index contributed by atoms with van der Waals surface area (Å²) in [6.07, 6.45) is 22.4. The third-order valence-corrected chi connectivity index (χ3v) is 3.32. The summed E-state index contributed by atoms with van der Waals surface area (Å²) < 4.78 is 0. The molecule has 0 N–H and O–H groups in total. The van der Waals surface area contributed by atoms with Gasteiger partial charge in [0.1, 0.15) is 0 Å². The third kappa shape index (κ3) is 6.31. The first-order chi connectivity index (χ1) is 8.36. The maximum absolute atomic E-state index is 3.88. The predicted molar refractivity (Wildman–Crippen MR) is 78.0 cm³/mol. The van der Waals surface area contributed by atoms with Gasteiger partial charge in [0, 0.05) is 0 Å². The molecule has 0 saturated carbocycles. The third-order valence-electron chi connectivity index (χ3n) is 3.32. The highest BCUT2D eigenvalue weighted by Gasteiger charge is 2.00. The van der Waals surface area contributed by atoms with Crippen molar-refractivity contribution in [1.29, 1.82) is 0 Å². The molecule has 94 valence electrons. The van der Waals surface area contributed by atoms with E-state index in [1.54, 1.807) is 5.57 Å². The summed E-state index contributed by atoms with van der Waals surface area (Å²) in [6.45, 7) is 5.96. The fourth-order valence-electron chi connectivity index (χ4n) is 2.28. The van der Waals surface area contributed by atoms with E-state index in [2.05, 4.69) is 50.0 Å². The highest BCUT2D eigenvalue weighted by Crippen LogP contribution is 2.18. The Morgan fingerprint density at radius 2 is 2.18 bits per heavy atom. The van der Waals surface area contributed by atoms with E-state index in [1.807, 2.05) is 0 Å². The minimum Gasteiger partial charge on any atom is -0.102 e. The van der Waals surface area contributed by atoms with Gasteiger partial charge in [0.05, 0.1) is 0 Å². The van der Waals surface area contributed by atoms with E-state index in [1.165, 1.54) is 44.9 Å². The maximum atomic E-state index is 3.88. The van der Waals surface area contributed by atoms with Crippen LogP contribution in [0.1, 0.15) is 51.9 Å². The van der Waals surface area contributed by atoms with Crippen LogP contribution in [0.4, 0.5) is 0 Å². The fourth-order valence-corrected chi connectivity index (χ4v) is 2.28. The van der Waals surface area contributed by atoms with Crippen LogP contribution in [0.15, 0.2) is 48.6 Å². The quantitative estimate of drug-likeness (QED) is 0.376. The molecule has 0 radical (unpaired) electrons. The summed E-state index contributed by atoms with van der Waals surface area (Å²) in [5.74, 6) is 0.578. The van der Waals surface area contributed by atoms with Crippen LogP contribution in [0.3, 0.4) is 0 Å². The van der Waals surface area contributed by atoms with Crippen molar-refractivity contribution >= 4 is 0 Å². The predicted octanol–water partition coefficient (Wildman–Crippen LogP) is 5.59. The second-order valence-electron chi connectivity index (χ2n) is 4.78. The van der Waals surface area contributed by atoms with E-state index in [0.717, 1.165) is 0 Å². The van der Waals surface area contributed by atoms with Crippen LogP contribution in [0.25, 0.3) is 0 Å². The first-order valence-corrected chi connectivity index (χ1v) is 6.97. The van der Waals surface area contributed by atoms with Crippen LogP contribution >= 0.6 is 0 Å². The number of rotatable bonds is 8. The zero-order chi connectivity index (χ0) is 12.3. The van der Waals surface area contributed by atoms with Gasteiger partial charge < -0.3 is 0 Å². The Hall–Kier alpha value is -1.04. The largest absolute Gasteiger partial charge is 0.102 e. The van der Waals surface area contributed by atoms with Crippen molar-refractivity contribution in [3.05, 3.63) is 48.6 Å². The molecule has 0 nitrogen and oxygen atoms in total. The van der Waals surface area contributed by atoms with E-state index in [9.17, 15) is 0 Å². The summed E-state index contributed by atoms with van der Waals surface area (Å²) in [7, 11) is 0. The molecule has 0 heteroatoms. The first-order valence-electron chi connectivity index (χ1n) is 6.97. The summed E-state index contributed by atoms with van der Waals surface area (Å²) >= 11 is 0. The van der Waals surface area contributed by atoms with Crippen molar-refractivity contribution in [3.8, 4) is 0 Å². The number of hydrogen-bond donors (Lipinski definition) is 0. The molecule has 0 amide bonds. The van der Waals surface area contributed by atoms with Crippen LogP contribution in [0.2, 0.25) is 0 Å². The molecule has 0 unspecified atom stereocenters. The normalized spacial score (nSPS) is 17.1. The van der Waals surface area contributed by atoms with Gasteiger partial charge >= 0.3 is 0 Å². The molecular weight excluding hydrogens is 204 g/mol. The van der Waals surface area contributed by atoms with Crippen molar-refractivity contribution in [2.24, 2.45) is 5.92 Å². The zero-order valence-electron chi connectivity index (χ0n) is 11.2. The van der Waals surface area contributed by atoms with Gasteiger partial charge in [0.2, 0.25) is 0 Å². The zero-order valence-corrected chi connectivity index (χ0v) is 11.2. The summed E-state index contributed by atoms with van der Waals surface area (Å²) in [5, 5.41) is 0. The molecular formula is C17H26. The molecule has 17 heavy (non-hydrogen) atoms. The van der Waals surface area contributed by atoms with Crippen LogP contribution in [-0.2, 0) is 0 Å².